The fraction of sp³-hybridized carbons (Fsp3) is 0.438. The van der Waals surface area contributed by atoms with E-state index in [0.717, 1.165) is 31.4 Å². The molecule has 0 saturated carbocycles. The summed E-state index contributed by atoms with van der Waals surface area (Å²) in [6.07, 6.45) is 4.24. The summed E-state index contributed by atoms with van der Waals surface area (Å²) in [7, 11) is 3.65. The number of aliphatic imine (C=N–C) groups is 1. The average molecular weight is 423 g/mol. The molecule has 0 bridgehead atoms. The number of hydrogen-bond donors (Lipinski definition) is 1. The van der Waals surface area contributed by atoms with Crippen molar-refractivity contribution >= 4 is 29.9 Å². The van der Waals surface area contributed by atoms with Crippen LogP contribution in [0.25, 0.3) is 0 Å². The van der Waals surface area contributed by atoms with Gasteiger partial charge in [-0.1, -0.05) is 18.2 Å². The minimum absolute atomic E-state index is 0. The minimum atomic E-state index is -0.807. The highest BCUT2D eigenvalue weighted by atomic mass is 127. The highest BCUT2D eigenvalue weighted by Crippen LogP contribution is 2.11. The summed E-state index contributed by atoms with van der Waals surface area (Å²) in [4.78, 5) is 6.18. The zero-order valence-electron chi connectivity index (χ0n) is 13.1. The summed E-state index contributed by atoms with van der Waals surface area (Å²) in [6, 6.07) is 4.24. The van der Waals surface area contributed by atoms with Gasteiger partial charge in [-0.25, -0.2) is 8.78 Å². The number of halogens is 3. The molecule has 0 atom stereocenters. The number of unbranched alkanes of at least 4 members (excludes halogenated alkanes) is 1. The Kier molecular flexibility index (Phi) is 10.8. The second kappa shape index (κ2) is 11.4. The van der Waals surface area contributed by atoms with Crippen molar-refractivity contribution in [2.45, 2.75) is 19.3 Å². The molecule has 0 heterocycles. The van der Waals surface area contributed by atoms with Crippen LogP contribution in [-0.4, -0.2) is 38.0 Å². The standard InChI is InChI=1S/C16H23F2N3.HI/c1-4-5-6-12-21(3)16(19-2)20-11-10-13-8-7-9-14(17)15(13)18;/h4,7-9H,1,5-6,10-12H2,2-3H3,(H,19,20);1H. The first-order valence-electron chi connectivity index (χ1n) is 7.05. The Hall–Kier alpha value is -1.18. The van der Waals surface area contributed by atoms with E-state index in [-0.39, 0.29) is 24.0 Å². The molecule has 0 radical (unpaired) electrons. The van der Waals surface area contributed by atoms with Crippen LogP contribution in [0.4, 0.5) is 8.78 Å². The molecule has 0 aliphatic carbocycles. The van der Waals surface area contributed by atoms with Crippen molar-refractivity contribution < 1.29 is 8.78 Å². The predicted octanol–water partition coefficient (Wildman–Crippen LogP) is 3.60. The van der Waals surface area contributed by atoms with Gasteiger partial charge in [0.2, 0.25) is 0 Å². The SMILES string of the molecule is C=CCCCN(C)C(=NC)NCCc1cccc(F)c1F.I. The second-order valence-electron chi connectivity index (χ2n) is 4.79. The van der Waals surface area contributed by atoms with Gasteiger partial charge in [-0.2, -0.15) is 0 Å². The average Bonchev–Trinajstić information content (AvgIpc) is 2.48. The van der Waals surface area contributed by atoms with Crippen LogP contribution in [0.2, 0.25) is 0 Å². The monoisotopic (exact) mass is 423 g/mol. The van der Waals surface area contributed by atoms with E-state index in [0.29, 0.717) is 18.5 Å². The highest BCUT2D eigenvalue weighted by Gasteiger charge is 2.08. The Morgan fingerprint density at radius 1 is 1.41 bits per heavy atom. The summed E-state index contributed by atoms with van der Waals surface area (Å²) in [5, 5.41) is 3.15. The van der Waals surface area contributed by atoms with Gasteiger partial charge in [-0.3, -0.25) is 4.99 Å². The lowest BCUT2D eigenvalue weighted by Gasteiger charge is -2.21. The fourth-order valence-corrected chi connectivity index (χ4v) is 2.01. The van der Waals surface area contributed by atoms with Gasteiger partial charge >= 0.3 is 0 Å². The van der Waals surface area contributed by atoms with Gasteiger partial charge in [0.05, 0.1) is 0 Å². The molecule has 6 heteroatoms. The molecule has 3 nitrogen and oxygen atoms in total. The van der Waals surface area contributed by atoms with Gasteiger partial charge in [-0.05, 0) is 30.9 Å². The Labute approximate surface area is 148 Å². The summed E-state index contributed by atoms with van der Waals surface area (Å²) >= 11 is 0. The Morgan fingerprint density at radius 2 is 2.14 bits per heavy atom. The van der Waals surface area contributed by atoms with Gasteiger partial charge in [0, 0.05) is 27.2 Å². The van der Waals surface area contributed by atoms with E-state index in [1.807, 2.05) is 18.0 Å². The summed E-state index contributed by atoms with van der Waals surface area (Å²) in [5.74, 6) is -0.831. The van der Waals surface area contributed by atoms with E-state index in [9.17, 15) is 8.78 Å². The van der Waals surface area contributed by atoms with E-state index in [1.165, 1.54) is 6.07 Å². The molecule has 0 unspecified atom stereocenters. The normalized spacial score (nSPS) is 10.8. The van der Waals surface area contributed by atoms with Crippen molar-refractivity contribution in [1.29, 1.82) is 0 Å². The van der Waals surface area contributed by atoms with E-state index in [4.69, 9.17) is 0 Å². The van der Waals surface area contributed by atoms with E-state index in [2.05, 4.69) is 16.9 Å². The van der Waals surface area contributed by atoms with Crippen molar-refractivity contribution in [2.24, 2.45) is 4.99 Å². The van der Waals surface area contributed by atoms with Gasteiger partial charge in [0.25, 0.3) is 0 Å². The van der Waals surface area contributed by atoms with Crippen molar-refractivity contribution in [3.8, 4) is 0 Å². The van der Waals surface area contributed by atoms with Gasteiger partial charge in [0.15, 0.2) is 17.6 Å². The van der Waals surface area contributed by atoms with E-state index >= 15 is 0 Å². The lowest BCUT2D eigenvalue weighted by molar-refractivity contribution is 0.468. The van der Waals surface area contributed by atoms with Crippen molar-refractivity contribution in [3.63, 3.8) is 0 Å². The number of guanidine groups is 1. The van der Waals surface area contributed by atoms with Crippen LogP contribution in [0.15, 0.2) is 35.8 Å². The van der Waals surface area contributed by atoms with Crippen molar-refractivity contribution in [1.82, 2.24) is 10.2 Å². The maximum absolute atomic E-state index is 13.5. The molecule has 0 aromatic heterocycles. The van der Waals surface area contributed by atoms with Gasteiger partial charge in [-0.15, -0.1) is 30.6 Å². The maximum Gasteiger partial charge on any atom is 0.193 e. The third kappa shape index (κ3) is 6.72. The zero-order chi connectivity index (χ0) is 15.7. The van der Waals surface area contributed by atoms with E-state index in [1.54, 1.807) is 13.1 Å². The van der Waals surface area contributed by atoms with Crippen LogP contribution in [0, 0.1) is 11.6 Å². The molecule has 0 spiro atoms. The van der Waals surface area contributed by atoms with Gasteiger partial charge in [0.1, 0.15) is 0 Å². The molecule has 1 aromatic carbocycles. The summed E-state index contributed by atoms with van der Waals surface area (Å²) in [5.41, 5.74) is 0.368. The van der Waals surface area contributed by atoms with Crippen molar-refractivity contribution in [2.75, 3.05) is 27.2 Å². The fourth-order valence-electron chi connectivity index (χ4n) is 2.01. The number of allylic oxidation sites excluding steroid dienone is 1. The van der Waals surface area contributed by atoms with Crippen LogP contribution in [0.3, 0.4) is 0 Å². The first-order chi connectivity index (χ1) is 10.1. The lowest BCUT2D eigenvalue weighted by atomic mass is 10.1. The Balaban J connectivity index is 0.00000441. The molecule has 0 fully saturated rings. The summed E-state index contributed by atoms with van der Waals surface area (Å²) < 4.78 is 26.6. The first kappa shape index (κ1) is 20.8. The molecule has 1 rings (SSSR count). The van der Waals surface area contributed by atoms with Gasteiger partial charge < -0.3 is 10.2 Å². The summed E-state index contributed by atoms with van der Waals surface area (Å²) in [6.45, 7) is 5.05. The quantitative estimate of drug-likeness (QED) is 0.239. The Bertz CT molecular complexity index is 492. The molecule has 1 aromatic rings. The third-order valence-electron chi connectivity index (χ3n) is 3.18. The Morgan fingerprint density at radius 3 is 2.77 bits per heavy atom. The smallest absolute Gasteiger partial charge is 0.193 e. The number of hydrogen-bond acceptors (Lipinski definition) is 1. The second-order valence-corrected chi connectivity index (χ2v) is 4.79. The molecular formula is C16H24F2IN3. The van der Waals surface area contributed by atoms with Crippen LogP contribution in [-0.2, 0) is 6.42 Å². The minimum Gasteiger partial charge on any atom is -0.356 e. The number of nitrogens with zero attached hydrogens (tertiary/aromatic N) is 2. The molecule has 22 heavy (non-hydrogen) atoms. The number of nitrogens with one attached hydrogen (secondary N) is 1. The van der Waals surface area contributed by atoms with Crippen LogP contribution >= 0.6 is 24.0 Å². The van der Waals surface area contributed by atoms with Crippen LogP contribution in [0.5, 0.6) is 0 Å². The highest BCUT2D eigenvalue weighted by molar-refractivity contribution is 14.0. The topological polar surface area (TPSA) is 27.6 Å². The zero-order valence-corrected chi connectivity index (χ0v) is 15.4. The molecule has 0 aliphatic rings. The molecule has 0 aliphatic heterocycles. The molecule has 0 amide bonds. The van der Waals surface area contributed by atoms with E-state index < -0.39 is 11.6 Å². The lowest BCUT2D eigenvalue weighted by Crippen LogP contribution is -2.40. The maximum atomic E-state index is 13.5. The number of benzene rings is 1. The predicted molar refractivity (Wildman–Crippen MR) is 98.9 cm³/mol. The van der Waals surface area contributed by atoms with Crippen molar-refractivity contribution in [3.05, 3.63) is 48.1 Å². The first-order valence-corrected chi connectivity index (χ1v) is 7.05. The molecule has 1 N–H and O–H groups in total. The van der Waals surface area contributed by atoms with Crippen LogP contribution in [0.1, 0.15) is 18.4 Å². The molecule has 0 saturated heterocycles. The molecule has 124 valence electrons. The molecular weight excluding hydrogens is 399 g/mol. The largest absolute Gasteiger partial charge is 0.356 e. The third-order valence-corrected chi connectivity index (χ3v) is 3.18. The number of rotatable bonds is 7. The van der Waals surface area contributed by atoms with Crippen LogP contribution < -0.4 is 5.32 Å².